The van der Waals surface area contributed by atoms with Crippen LogP contribution in [0.1, 0.15) is 19.2 Å². The number of aromatic nitrogens is 2. The molecule has 1 aromatic heterocycles. The average Bonchev–Trinajstić information content (AvgIpc) is 2.95. The van der Waals surface area contributed by atoms with Crippen molar-refractivity contribution in [2.24, 2.45) is 0 Å². The van der Waals surface area contributed by atoms with Crippen LogP contribution in [0.2, 0.25) is 0 Å². The van der Waals surface area contributed by atoms with E-state index in [1.807, 2.05) is 37.3 Å². The fourth-order valence-corrected chi connectivity index (χ4v) is 2.40. The lowest BCUT2D eigenvalue weighted by atomic mass is 10.2. The second kappa shape index (κ2) is 7.09. The standard InChI is InChI=1S/C14H16N2O3S/c1-10(8-13(17)18-2)20-9-12-15-16-14(19-12)11-6-4-3-5-7-11/h3-7,10H,8-9H2,1-2H3. The van der Waals surface area contributed by atoms with Crippen molar-refractivity contribution in [1.82, 2.24) is 10.2 Å². The van der Waals surface area contributed by atoms with Gasteiger partial charge < -0.3 is 9.15 Å². The molecule has 20 heavy (non-hydrogen) atoms. The number of esters is 1. The number of nitrogens with zero attached hydrogens (tertiary/aromatic N) is 2. The van der Waals surface area contributed by atoms with Crippen molar-refractivity contribution in [3.8, 4) is 11.5 Å². The number of hydrogen-bond donors (Lipinski definition) is 0. The molecule has 1 heterocycles. The maximum absolute atomic E-state index is 11.1. The number of carbonyl (C=O) groups is 1. The SMILES string of the molecule is COC(=O)CC(C)SCc1nnc(-c2ccccc2)o1. The van der Waals surface area contributed by atoms with Crippen LogP contribution < -0.4 is 0 Å². The Kier molecular flexibility index (Phi) is 5.17. The second-order valence-corrected chi connectivity index (χ2v) is 5.70. The molecule has 1 unspecified atom stereocenters. The van der Waals surface area contributed by atoms with Crippen LogP contribution in [-0.4, -0.2) is 28.5 Å². The van der Waals surface area contributed by atoms with Gasteiger partial charge in [0, 0.05) is 10.8 Å². The molecule has 0 N–H and O–H groups in total. The summed E-state index contributed by atoms with van der Waals surface area (Å²) in [6, 6.07) is 9.62. The largest absolute Gasteiger partial charge is 0.469 e. The van der Waals surface area contributed by atoms with Gasteiger partial charge >= 0.3 is 5.97 Å². The predicted molar refractivity (Wildman–Crippen MR) is 77.1 cm³/mol. The third-order valence-corrected chi connectivity index (χ3v) is 3.81. The summed E-state index contributed by atoms with van der Waals surface area (Å²) in [7, 11) is 1.39. The Bertz CT molecular complexity index is 557. The van der Waals surface area contributed by atoms with Crippen LogP contribution in [0, 0.1) is 0 Å². The summed E-state index contributed by atoms with van der Waals surface area (Å²) in [6.07, 6.45) is 0.376. The van der Waals surface area contributed by atoms with E-state index in [0.29, 0.717) is 24.0 Å². The van der Waals surface area contributed by atoms with Gasteiger partial charge in [0.2, 0.25) is 11.8 Å². The molecule has 0 radical (unpaired) electrons. The minimum absolute atomic E-state index is 0.148. The lowest BCUT2D eigenvalue weighted by molar-refractivity contribution is -0.140. The molecule has 0 fully saturated rings. The summed E-state index contributed by atoms with van der Waals surface area (Å²) >= 11 is 1.58. The molecule has 0 aliphatic rings. The van der Waals surface area contributed by atoms with Gasteiger partial charge in [-0.2, -0.15) is 0 Å². The first-order chi connectivity index (χ1) is 9.69. The quantitative estimate of drug-likeness (QED) is 0.763. The van der Waals surface area contributed by atoms with Crippen molar-refractivity contribution < 1.29 is 13.9 Å². The van der Waals surface area contributed by atoms with Gasteiger partial charge in [-0.3, -0.25) is 4.79 Å². The summed E-state index contributed by atoms with van der Waals surface area (Å²) in [4.78, 5) is 11.1. The minimum Gasteiger partial charge on any atom is -0.469 e. The highest BCUT2D eigenvalue weighted by Crippen LogP contribution is 2.22. The molecular formula is C14H16N2O3S. The van der Waals surface area contributed by atoms with Crippen molar-refractivity contribution in [1.29, 1.82) is 0 Å². The van der Waals surface area contributed by atoms with Crippen molar-refractivity contribution >= 4 is 17.7 Å². The summed E-state index contributed by atoms with van der Waals surface area (Å²) in [6.45, 7) is 1.97. The maximum Gasteiger partial charge on any atom is 0.306 e. The van der Waals surface area contributed by atoms with Crippen LogP contribution >= 0.6 is 11.8 Å². The topological polar surface area (TPSA) is 65.2 Å². The number of carbonyl (C=O) groups excluding carboxylic acids is 1. The molecule has 6 heteroatoms. The molecule has 2 rings (SSSR count). The van der Waals surface area contributed by atoms with Crippen LogP contribution in [-0.2, 0) is 15.3 Å². The Labute approximate surface area is 121 Å². The Balaban J connectivity index is 1.89. The van der Waals surface area contributed by atoms with E-state index in [9.17, 15) is 4.79 Å². The molecule has 2 aromatic rings. The van der Waals surface area contributed by atoms with E-state index in [1.54, 1.807) is 11.8 Å². The van der Waals surface area contributed by atoms with Gasteiger partial charge in [-0.25, -0.2) is 0 Å². The third kappa shape index (κ3) is 4.09. The van der Waals surface area contributed by atoms with Crippen molar-refractivity contribution in [3.05, 3.63) is 36.2 Å². The van der Waals surface area contributed by atoms with E-state index in [1.165, 1.54) is 7.11 Å². The summed E-state index contributed by atoms with van der Waals surface area (Å²) in [5, 5.41) is 8.18. The number of hydrogen-bond acceptors (Lipinski definition) is 6. The van der Waals surface area contributed by atoms with Gasteiger partial charge in [0.05, 0.1) is 19.3 Å². The first-order valence-corrected chi connectivity index (χ1v) is 7.30. The average molecular weight is 292 g/mol. The van der Waals surface area contributed by atoms with Gasteiger partial charge in [0.25, 0.3) is 0 Å². The molecule has 106 valence electrons. The van der Waals surface area contributed by atoms with E-state index in [4.69, 9.17) is 4.42 Å². The highest BCUT2D eigenvalue weighted by atomic mass is 32.2. The smallest absolute Gasteiger partial charge is 0.306 e. The van der Waals surface area contributed by atoms with E-state index in [-0.39, 0.29) is 11.2 Å². The van der Waals surface area contributed by atoms with Gasteiger partial charge in [0.15, 0.2) is 0 Å². The van der Waals surface area contributed by atoms with Gasteiger partial charge in [-0.05, 0) is 12.1 Å². The van der Waals surface area contributed by atoms with Gasteiger partial charge in [0.1, 0.15) is 0 Å². The van der Waals surface area contributed by atoms with Crippen molar-refractivity contribution in [2.45, 2.75) is 24.3 Å². The molecule has 5 nitrogen and oxygen atoms in total. The van der Waals surface area contributed by atoms with E-state index in [2.05, 4.69) is 14.9 Å². The molecular weight excluding hydrogens is 276 g/mol. The maximum atomic E-state index is 11.1. The van der Waals surface area contributed by atoms with Crippen LogP contribution in [0.3, 0.4) is 0 Å². The Morgan fingerprint density at radius 2 is 2.10 bits per heavy atom. The van der Waals surface area contributed by atoms with Crippen molar-refractivity contribution in [3.63, 3.8) is 0 Å². The van der Waals surface area contributed by atoms with Gasteiger partial charge in [-0.1, -0.05) is 25.1 Å². The number of benzene rings is 1. The number of thioether (sulfide) groups is 1. The normalized spacial score (nSPS) is 12.1. The lowest BCUT2D eigenvalue weighted by Gasteiger charge is -2.07. The Hall–Kier alpha value is -1.82. The van der Waals surface area contributed by atoms with E-state index in [0.717, 1.165) is 5.56 Å². The first kappa shape index (κ1) is 14.6. The zero-order chi connectivity index (χ0) is 14.4. The molecule has 1 atom stereocenters. The highest BCUT2D eigenvalue weighted by Gasteiger charge is 2.13. The van der Waals surface area contributed by atoms with E-state index < -0.39 is 0 Å². The highest BCUT2D eigenvalue weighted by molar-refractivity contribution is 7.99. The third-order valence-electron chi connectivity index (χ3n) is 2.66. The van der Waals surface area contributed by atoms with Gasteiger partial charge in [-0.15, -0.1) is 22.0 Å². The number of rotatable bonds is 6. The molecule has 0 saturated carbocycles. The predicted octanol–water partition coefficient (Wildman–Crippen LogP) is 2.92. The van der Waals surface area contributed by atoms with Crippen LogP contribution in [0.25, 0.3) is 11.5 Å². The Morgan fingerprint density at radius 3 is 2.80 bits per heavy atom. The molecule has 0 aliphatic heterocycles. The van der Waals surface area contributed by atoms with Crippen LogP contribution in [0.5, 0.6) is 0 Å². The molecule has 0 aliphatic carbocycles. The summed E-state index contributed by atoms with van der Waals surface area (Å²) in [5.74, 6) is 1.45. The Morgan fingerprint density at radius 1 is 1.35 bits per heavy atom. The lowest BCUT2D eigenvalue weighted by Crippen LogP contribution is -2.08. The summed E-state index contributed by atoms with van der Waals surface area (Å²) < 4.78 is 10.2. The molecule has 0 bridgehead atoms. The minimum atomic E-state index is -0.208. The first-order valence-electron chi connectivity index (χ1n) is 6.25. The number of methoxy groups -OCH3 is 1. The van der Waals surface area contributed by atoms with E-state index >= 15 is 0 Å². The van der Waals surface area contributed by atoms with Crippen LogP contribution in [0.4, 0.5) is 0 Å². The monoisotopic (exact) mass is 292 g/mol. The second-order valence-electron chi connectivity index (χ2n) is 4.27. The molecule has 0 amide bonds. The molecule has 0 spiro atoms. The number of ether oxygens (including phenoxy) is 1. The molecule has 0 saturated heterocycles. The zero-order valence-corrected chi connectivity index (χ0v) is 12.2. The van der Waals surface area contributed by atoms with Crippen LogP contribution in [0.15, 0.2) is 34.7 Å². The fourth-order valence-electron chi connectivity index (χ4n) is 1.60. The summed E-state index contributed by atoms with van der Waals surface area (Å²) in [5.41, 5.74) is 0.902. The molecule has 1 aromatic carbocycles. The fraction of sp³-hybridized carbons (Fsp3) is 0.357. The van der Waals surface area contributed by atoms with Crippen molar-refractivity contribution in [2.75, 3.05) is 7.11 Å². The zero-order valence-electron chi connectivity index (χ0n) is 11.4.